The second kappa shape index (κ2) is 5.43. The van der Waals surface area contributed by atoms with Crippen LogP contribution in [0.3, 0.4) is 0 Å². The number of halogens is 1. The van der Waals surface area contributed by atoms with Gasteiger partial charge >= 0.3 is 0 Å². The number of aryl methyl sites for hydroxylation is 1. The fraction of sp³-hybridized carbons (Fsp3) is 0.200. The van der Waals surface area contributed by atoms with E-state index >= 15 is 0 Å². The Hall–Kier alpha value is -0.830. The molecule has 0 unspecified atom stereocenters. The molecule has 2 rings (SSSR count). The first-order valence-corrected chi connectivity index (χ1v) is 8.16. The van der Waals surface area contributed by atoms with Crippen LogP contribution in [0.1, 0.15) is 11.5 Å². The van der Waals surface area contributed by atoms with Gasteiger partial charge in [-0.05, 0) is 40.4 Å². The Kier molecular flexibility index (Phi) is 4.10. The van der Waals surface area contributed by atoms with Crippen molar-refractivity contribution in [2.45, 2.75) is 17.7 Å². The van der Waals surface area contributed by atoms with Gasteiger partial charge in [0.15, 0.2) is 0 Å². The van der Waals surface area contributed by atoms with Crippen LogP contribution < -0.4 is 4.72 Å². The molecule has 2 heterocycles. The van der Waals surface area contributed by atoms with Crippen molar-refractivity contribution < 1.29 is 8.42 Å². The first-order valence-electron chi connectivity index (χ1n) is 5.00. The van der Waals surface area contributed by atoms with Gasteiger partial charge in [0.2, 0.25) is 0 Å². The standard InChI is InChI=1S/C10H10BrN3O2S2/c1-7-12-4-2-8(14-7)6-13-18(15,16)10-9(11)3-5-17-10/h2-5,13H,6H2,1H3. The van der Waals surface area contributed by atoms with Crippen molar-refractivity contribution in [3.8, 4) is 0 Å². The van der Waals surface area contributed by atoms with Crippen molar-refractivity contribution in [1.82, 2.24) is 14.7 Å². The van der Waals surface area contributed by atoms with Gasteiger partial charge in [-0.1, -0.05) is 0 Å². The van der Waals surface area contributed by atoms with E-state index in [0.29, 0.717) is 16.0 Å². The van der Waals surface area contributed by atoms with Gasteiger partial charge in [0.05, 0.1) is 12.2 Å². The van der Waals surface area contributed by atoms with Crippen LogP contribution in [0.5, 0.6) is 0 Å². The quantitative estimate of drug-likeness (QED) is 0.918. The molecule has 18 heavy (non-hydrogen) atoms. The third-order valence-electron chi connectivity index (χ3n) is 2.11. The zero-order chi connectivity index (χ0) is 13.2. The average Bonchev–Trinajstić information content (AvgIpc) is 2.74. The molecule has 2 aromatic rings. The SMILES string of the molecule is Cc1nccc(CNS(=O)(=O)c2sccc2Br)n1. The number of rotatable bonds is 4. The van der Waals surface area contributed by atoms with Crippen molar-refractivity contribution in [3.63, 3.8) is 0 Å². The Morgan fingerprint density at radius 2 is 2.22 bits per heavy atom. The predicted octanol–water partition coefficient (Wildman–Crippen LogP) is 2.09. The highest BCUT2D eigenvalue weighted by Crippen LogP contribution is 2.27. The molecule has 0 saturated carbocycles. The van der Waals surface area contributed by atoms with E-state index in [0.717, 1.165) is 11.3 Å². The number of hydrogen-bond donors (Lipinski definition) is 1. The lowest BCUT2D eigenvalue weighted by molar-refractivity contribution is 0.582. The summed E-state index contributed by atoms with van der Waals surface area (Å²) in [5.74, 6) is 0.615. The van der Waals surface area contributed by atoms with Gasteiger partial charge in [0, 0.05) is 10.7 Å². The van der Waals surface area contributed by atoms with E-state index < -0.39 is 10.0 Å². The summed E-state index contributed by atoms with van der Waals surface area (Å²) < 4.78 is 27.3. The van der Waals surface area contributed by atoms with Crippen LogP contribution in [0.25, 0.3) is 0 Å². The zero-order valence-electron chi connectivity index (χ0n) is 9.42. The van der Waals surface area contributed by atoms with Gasteiger partial charge in [0.1, 0.15) is 10.0 Å². The smallest absolute Gasteiger partial charge is 0.242 e. The third kappa shape index (κ3) is 3.14. The molecule has 0 spiro atoms. The molecule has 0 saturated heterocycles. The number of sulfonamides is 1. The highest BCUT2D eigenvalue weighted by atomic mass is 79.9. The van der Waals surface area contributed by atoms with Gasteiger partial charge in [0.25, 0.3) is 10.0 Å². The molecular formula is C10H10BrN3O2S2. The van der Waals surface area contributed by atoms with Gasteiger partial charge in [-0.25, -0.2) is 23.1 Å². The largest absolute Gasteiger partial charge is 0.251 e. The van der Waals surface area contributed by atoms with Crippen molar-refractivity contribution in [3.05, 3.63) is 39.7 Å². The first kappa shape index (κ1) is 13.6. The highest BCUT2D eigenvalue weighted by molar-refractivity contribution is 9.10. The number of thiophene rings is 1. The number of hydrogen-bond acceptors (Lipinski definition) is 5. The van der Waals surface area contributed by atoms with E-state index in [2.05, 4.69) is 30.6 Å². The summed E-state index contributed by atoms with van der Waals surface area (Å²) in [5, 5.41) is 1.72. The van der Waals surface area contributed by atoms with Crippen molar-refractivity contribution in [1.29, 1.82) is 0 Å². The Morgan fingerprint density at radius 3 is 2.83 bits per heavy atom. The molecule has 0 aliphatic rings. The van der Waals surface area contributed by atoms with Crippen LogP contribution in [0, 0.1) is 6.92 Å². The first-order chi connectivity index (χ1) is 8.49. The van der Waals surface area contributed by atoms with E-state index in [1.807, 2.05) is 0 Å². The van der Waals surface area contributed by atoms with Crippen molar-refractivity contribution in [2.24, 2.45) is 0 Å². The van der Waals surface area contributed by atoms with E-state index in [4.69, 9.17) is 0 Å². The Labute approximate surface area is 117 Å². The molecule has 2 aromatic heterocycles. The molecule has 96 valence electrons. The molecule has 0 bridgehead atoms. The maximum absolute atomic E-state index is 12.0. The molecule has 0 fully saturated rings. The van der Waals surface area contributed by atoms with Crippen molar-refractivity contribution in [2.75, 3.05) is 0 Å². The van der Waals surface area contributed by atoms with Gasteiger partial charge in [-0.2, -0.15) is 0 Å². The van der Waals surface area contributed by atoms with E-state index in [1.54, 1.807) is 30.6 Å². The summed E-state index contributed by atoms with van der Waals surface area (Å²) in [7, 11) is -3.50. The maximum Gasteiger partial charge on any atom is 0.251 e. The molecule has 0 aromatic carbocycles. The second-order valence-corrected chi connectivity index (χ2v) is 7.21. The van der Waals surface area contributed by atoms with Gasteiger partial charge in [-0.15, -0.1) is 11.3 Å². The van der Waals surface area contributed by atoms with E-state index in [-0.39, 0.29) is 10.8 Å². The molecule has 0 atom stereocenters. The fourth-order valence-electron chi connectivity index (χ4n) is 1.31. The van der Waals surface area contributed by atoms with Crippen LogP contribution >= 0.6 is 27.3 Å². The van der Waals surface area contributed by atoms with Gasteiger partial charge < -0.3 is 0 Å². The summed E-state index contributed by atoms with van der Waals surface area (Å²) in [6.07, 6.45) is 1.60. The number of nitrogens with zero attached hydrogens (tertiary/aromatic N) is 2. The molecular weight excluding hydrogens is 338 g/mol. The minimum absolute atomic E-state index is 0.149. The van der Waals surface area contributed by atoms with Gasteiger partial charge in [-0.3, -0.25) is 0 Å². The number of aromatic nitrogens is 2. The third-order valence-corrected chi connectivity index (χ3v) is 6.18. The molecule has 8 heteroatoms. The van der Waals surface area contributed by atoms with E-state index in [9.17, 15) is 8.42 Å². The van der Waals surface area contributed by atoms with Crippen LogP contribution in [0.4, 0.5) is 0 Å². The second-order valence-electron chi connectivity index (χ2n) is 3.48. The molecule has 0 aliphatic heterocycles. The van der Waals surface area contributed by atoms with Crippen molar-refractivity contribution >= 4 is 37.3 Å². The molecule has 0 aliphatic carbocycles. The van der Waals surface area contributed by atoms with Crippen LogP contribution in [0.15, 0.2) is 32.4 Å². The maximum atomic E-state index is 12.0. The molecule has 0 amide bonds. The monoisotopic (exact) mass is 347 g/mol. The zero-order valence-corrected chi connectivity index (χ0v) is 12.6. The Balaban J connectivity index is 2.13. The lowest BCUT2D eigenvalue weighted by Crippen LogP contribution is -2.23. The normalized spacial score (nSPS) is 11.7. The minimum atomic E-state index is -3.50. The summed E-state index contributed by atoms with van der Waals surface area (Å²) in [4.78, 5) is 8.09. The Morgan fingerprint density at radius 1 is 1.44 bits per heavy atom. The van der Waals surface area contributed by atoms with Crippen LogP contribution in [0.2, 0.25) is 0 Å². The lowest BCUT2D eigenvalue weighted by Gasteiger charge is -2.05. The lowest BCUT2D eigenvalue weighted by atomic mass is 10.4. The molecule has 0 radical (unpaired) electrons. The summed E-state index contributed by atoms with van der Waals surface area (Å²) >= 11 is 4.37. The molecule has 5 nitrogen and oxygen atoms in total. The summed E-state index contributed by atoms with van der Waals surface area (Å²) in [6.45, 7) is 1.91. The average molecular weight is 348 g/mol. The highest BCUT2D eigenvalue weighted by Gasteiger charge is 2.18. The predicted molar refractivity (Wildman–Crippen MR) is 72.8 cm³/mol. The fourth-order valence-corrected chi connectivity index (χ4v) is 4.69. The van der Waals surface area contributed by atoms with Crippen LogP contribution in [-0.2, 0) is 16.6 Å². The summed E-state index contributed by atoms with van der Waals surface area (Å²) in [6, 6.07) is 3.38. The minimum Gasteiger partial charge on any atom is -0.242 e. The number of nitrogens with one attached hydrogen (secondary N) is 1. The topological polar surface area (TPSA) is 72.0 Å². The Bertz CT molecular complexity index is 655. The summed E-state index contributed by atoms with van der Waals surface area (Å²) in [5.41, 5.74) is 0.638. The molecule has 1 N–H and O–H groups in total. The van der Waals surface area contributed by atoms with Crippen LogP contribution in [-0.4, -0.2) is 18.4 Å². The van der Waals surface area contributed by atoms with E-state index in [1.165, 1.54) is 0 Å².